The van der Waals surface area contributed by atoms with Crippen molar-refractivity contribution < 1.29 is 9.90 Å². The second-order valence-electron chi connectivity index (χ2n) is 3.31. The molecule has 15 heavy (non-hydrogen) atoms. The van der Waals surface area contributed by atoms with Crippen molar-refractivity contribution in [2.24, 2.45) is 0 Å². The molecular weight excluding hydrogens is 190 g/mol. The lowest BCUT2D eigenvalue weighted by Crippen LogP contribution is -2.14. The zero-order valence-electron chi connectivity index (χ0n) is 8.73. The summed E-state index contributed by atoms with van der Waals surface area (Å²) in [5.74, 6) is -0.864. The molecule has 0 heterocycles. The third-order valence-electron chi connectivity index (χ3n) is 2.06. The third-order valence-corrected chi connectivity index (χ3v) is 2.06. The standard InChI is InChI=1S/C12H15NO2/c1-10(12(14)15)7-8-13-9-11-5-3-2-4-6-11/h2-7,13H,8-9H2,1H3,(H,14,15)/b10-7+. The maximum atomic E-state index is 10.5. The van der Waals surface area contributed by atoms with Crippen LogP contribution in [-0.2, 0) is 11.3 Å². The van der Waals surface area contributed by atoms with Gasteiger partial charge in [0.1, 0.15) is 0 Å². The van der Waals surface area contributed by atoms with Gasteiger partial charge < -0.3 is 10.4 Å². The van der Waals surface area contributed by atoms with Crippen LogP contribution in [0.5, 0.6) is 0 Å². The van der Waals surface area contributed by atoms with Gasteiger partial charge in [-0.2, -0.15) is 0 Å². The number of carboxylic acid groups (broad SMARTS) is 1. The number of rotatable bonds is 5. The minimum Gasteiger partial charge on any atom is -0.478 e. The van der Waals surface area contributed by atoms with E-state index in [0.717, 1.165) is 6.54 Å². The fourth-order valence-corrected chi connectivity index (χ4v) is 1.12. The van der Waals surface area contributed by atoms with Crippen molar-refractivity contribution in [2.75, 3.05) is 6.54 Å². The van der Waals surface area contributed by atoms with Crippen LogP contribution in [0.25, 0.3) is 0 Å². The molecule has 0 bridgehead atoms. The predicted molar refractivity (Wildman–Crippen MR) is 59.5 cm³/mol. The number of carbonyl (C=O) groups is 1. The molecule has 0 spiro atoms. The van der Waals surface area contributed by atoms with Crippen molar-refractivity contribution in [2.45, 2.75) is 13.5 Å². The smallest absolute Gasteiger partial charge is 0.330 e. The Hall–Kier alpha value is -1.61. The van der Waals surface area contributed by atoms with Gasteiger partial charge in [-0.3, -0.25) is 0 Å². The topological polar surface area (TPSA) is 49.3 Å². The van der Waals surface area contributed by atoms with Crippen LogP contribution in [0.2, 0.25) is 0 Å². The number of carboxylic acids is 1. The van der Waals surface area contributed by atoms with Gasteiger partial charge in [0, 0.05) is 18.7 Å². The molecule has 3 heteroatoms. The summed E-state index contributed by atoms with van der Waals surface area (Å²) in [7, 11) is 0. The van der Waals surface area contributed by atoms with Crippen molar-refractivity contribution in [3.8, 4) is 0 Å². The van der Waals surface area contributed by atoms with E-state index in [0.29, 0.717) is 12.1 Å². The summed E-state index contributed by atoms with van der Waals surface area (Å²) in [6.07, 6.45) is 1.67. The van der Waals surface area contributed by atoms with E-state index in [9.17, 15) is 4.79 Å². The Morgan fingerprint density at radius 3 is 2.67 bits per heavy atom. The summed E-state index contributed by atoms with van der Waals surface area (Å²) in [4.78, 5) is 10.5. The highest BCUT2D eigenvalue weighted by atomic mass is 16.4. The Kier molecular flexibility index (Phi) is 4.57. The Bertz CT molecular complexity index is 344. The monoisotopic (exact) mass is 205 g/mol. The SMILES string of the molecule is C/C(=C\CNCc1ccccc1)C(=O)O. The van der Waals surface area contributed by atoms with E-state index >= 15 is 0 Å². The first-order valence-electron chi connectivity index (χ1n) is 4.85. The van der Waals surface area contributed by atoms with Gasteiger partial charge in [0.25, 0.3) is 0 Å². The molecule has 0 aliphatic rings. The summed E-state index contributed by atoms with van der Waals surface area (Å²) in [6.45, 7) is 2.92. The van der Waals surface area contributed by atoms with E-state index in [1.807, 2.05) is 30.3 Å². The van der Waals surface area contributed by atoms with Crippen molar-refractivity contribution in [3.63, 3.8) is 0 Å². The Morgan fingerprint density at radius 1 is 1.40 bits per heavy atom. The maximum absolute atomic E-state index is 10.5. The Balaban J connectivity index is 2.29. The predicted octanol–water partition coefficient (Wildman–Crippen LogP) is 1.81. The van der Waals surface area contributed by atoms with E-state index in [2.05, 4.69) is 5.32 Å². The number of aliphatic carboxylic acids is 1. The zero-order chi connectivity index (χ0) is 11.1. The van der Waals surface area contributed by atoms with E-state index < -0.39 is 5.97 Å². The van der Waals surface area contributed by atoms with E-state index in [1.54, 1.807) is 13.0 Å². The summed E-state index contributed by atoms with van der Waals surface area (Å²) in [5.41, 5.74) is 1.56. The van der Waals surface area contributed by atoms with Crippen molar-refractivity contribution in [3.05, 3.63) is 47.5 Å². The maximum Gasteiger partial charge on any atom is 0.330 e. The van der Waals surface area contributed by atoms with Gasteiger partial charge in [0.15, 0.2) is 0 Å². The van der Waals surface area contributed by atoms with Crippen LogP contribution in [-0.4, -0.2) is 17.6 Å². The number of nitrogens with one attached hydrogen (secondary N) is 1. The third kappa shape index (κ3) is 4.42. The van der Waals surface area contributed by atoms with Crippen LogP contribution in [0.4, 0.5) is 0 Å². The van der Waals surface area contributed by atoms with Crippen LogP contribution in [0.3, 0.4) is 0 Å². The van der Waals surface area contributed by atoms with Crippen LogP contribution in [0, 0.1) is 0 Å². The highest BCUT2D eigenvalue weighted by Gasteiger charge is 1.97. The van der Waals surface area contributed by atoms with Gasteiger partial charge in [-0.25, -0.2) is 4.79 Å². The molecule has 80 valence electrons. The Morgan fingerprint density at radius 2 is 2.07 bits per heavy atom. The number of benzene rings is 1. The van der Waals surface area contributed by atoms with Gasteiger partial charge in [0.05, 0.1) is 0 Å². The lowest BCUT2D eigenvalue weighted by molar-refractivity contribution is -0.132. The van der Waals surface area contributed by atoms with Gasteiger partial charge in [-0.15, -0.1) is 0 Å². The van der Waals surface area contributed by atoms with Gasteiger partial charge in [-0.1, -0.05) is 36.4 Å². The quantitative estimate of drug-likeness (QED) is 0.569. The van der Waals surface area contributed by atoms with Crippen molar-refractivity contribution in [1.82, 2.24) is 5.32 Å². The minimum absolute atomic E-state index is 0.371. The summed E-state index contributed by atoms with van der Waals surface area (Å²) in [5, 5.41) is 11.8. The molecule has 0 saturated carbocycles. The van der Waals surface area contributed by atoms with Crippen molar-refractivity contribution >= 4 is 5.97 Å². The molecule has 1 aromatic carbocycles. The second kappa shape index (κ2) is 5.98. The highest BCUT2D eigenvalue weighted by molar-refractivity contribution is 5.85. The van der Waals surface area contributed by atoms with Gasteiger partial charge in [-0.05, 0) is 12.5 Å². The molecule has 0 amide bonds. The fraction of sp³-hybridized carbons (Fsp3) is 0.250. The van der Waals surface area contributed by atoms with E-state index in [-0.39, 0.29) is 0 Å². The highest BCUT2D eigenvalue weighted by Crippen LogP contribution is 1.97. The van der Waals surface area contributed by atoms with E-state index in [4.69, 9.17) is 5.11 Å². The van der Waals surface area contributed by atoms with Gasteiger partial charge >= 0.3 is 5.97 Å². The summed E-state index contributed by atoms with van der Waals surface area (Å²) in [6, 6.07) is 9.99. The molecule has 1 aromatic rings. The van der Waals surface area contributed by atoms with Crippen molar-refractivity contribution in [1.29, 1.82) is 0 Å². The first-order chi connectivity index (χ1) is 7.20. The molecule has 0 fully saturated rings. The molecule has 3 nitrogen and oxygen atoms in total. The first kappa shape index (κ1) is 11.5. The molecule has 0 unspecified atom stereocenters. The molecule has 1 rings (SSSR count). The Labute approximate surface area is 89.4 Å². The molecule has 0 radical (unpaired) electrons. The lowest BCUT2D eigenvalue weighted by atomic mass is 10.2. The molecule has 0 aliphatic heterocycles. The molecular formula is C12H15NO2. The fourth-order valence-electron chi connectivity index (χ4n) is 1.12. The minimum atomic E-state index is -0.864. The lowest BCUT2D eigenvalue weighted by Gasteiger charge is -2.01. The molecule has 0 aliphatic carbocycles. The van der Waals surface area contributed by atoms with Crippen LogP contribution in [0.1, 0.15) is 12.5 Å². The van der Waals surface area contributed by atoms with E-state index in [1.165, 1.54) is 5.56 Å². The number of hydrogen-bond acceptors (Lipinski definition) is 2. The first-order valence-corrected chi connectivity index (χ1v) is 4.85. The summed E-state index contributed by atoms with van der Waals surface area (Å²) >= 11 is 0. The van der Waals surface area contributed by atoms with Crippen LogP contribution in [0.15, 0.2) is 42.0 Å². The molecule has 0 aromatic heterocycles. The van der Waals surface area contributed by atoms with Crippen LogP contribution >= 0.6 is 0 Å². The zero-order valence-corrected chi connectivity index (χ0v) is 8.73. The average Bonchev–Trinajstić information content (AvgIpc) is 2.25. The normalized spacial score (nSPS) is 11.4. The number of hydrogen-bond donors (Lipinski definition) is 2. The molecule has 0 atom stereocenters. The molecule has 2 N–H and O–H groups in total. The van der Waals surface area contributed by atoms with Crippen LogP contribution < -0.4 is 5.32 Å². The molecule has 0 saturated heterocycles. The largest absolute Gasteiger partial charge is 0.478 e. The van der Waals surface area contributed by atoms with Gasteiger partial charge in [0.2, 0.25) is 0 Å². The second-order valence-corrected chi connectivity index (χ2v) is 3.31. The summed E-state index contributed by atoms with van der Waals surface area (Å²) < 4.78 is 0. The average molecular weight is 205 g/mol.